The van der Waals surface area contributed by atoms with E-state index in [-0.39, 0.29) is 11.5 Å². The van der Waals surface area contributed by atoms with E-state index >= 15 is 0 Å². The quantitative estimate of drug-likeness (QED) is 0.784. The Morgan fingerprint density at radius 3 is 2.36 bits per heavy atom. The van der Waals surface area contributed by atoms with Gasteiger partial charge in [0.25, 0.3) is 5.56 Å². The van der Waals surface area contributed by atoms with Crippen molar-refractivity contribution in [2.24, 2.45) is 13.0 Å². The summed E-state index contributed by atoms with van der Waals surface area (Å²) in [6, 6.07) is -0.961. The monoisotopic (exact) mass is 311 g/mol. The fourth-order valence-electron chi connectivity index (χ4n) is 2.27. The summed E-state index contributed by atoms with van der Waals surface area (Å²) in [7, 11) is 5.16. The fourth-order valence-corrected chi connectivity index (χ4v) is 2.27. The van der Waals surface area contributed by atoms with Gasteiger partial charge in [0.2, 0.25) is 0 Å². The Morgan fingerprint density at radius 2 is 1.91 bits per heavy atom. The SMILES string of the molecule is CC(C)C[C@@H](C(=O)O)n1cc(CCN(C)C)c(=O)n(C)c1=O. The van der Waals surface area contributed by atoms with Crippen molar-refractivity contribution in [2.45, 2.75) is 32.7 Å². The van der Waals surface area contributed by atoms with E-state index in [0.29, 0.717) is 24.9 Å². The Hall–Kier alpha value is -1.89. The lowest BCUT2D eigenvalue weighted by atomic mass is 10.0. The number of likely N-dealkylation sites (N-methyl/N-ethyl adjacent to an activating group) is 1. The van der Waals surface area contributed by atoms with Crippen molar-refractivity contribution >= 4 is 5.97 Å². The maximum absolute atomic E-state index is 12.3. The number of carboxylic acid groups (broad SMARTS) is 1. The Morgan fingerprint density at radius 1 is 1.32 bits per heavy atom. The fraction of sp³-hybridized carbons (Fsp3) is 0.667. The lowest BCUT2D eigenvalue weighted by Gasteiger charge is -2.19. The highest BCUT2D eigenvalue weighted by Crippen LogP contribution is 2.16. The molecule has 7 nitrogen and oxygen atoms in total. The standard InChI is InChI=1S/C15H25N3O4/c1-10(2)8-12(14(20)21)18-9-11(6-7-16(3)4)13(19)17(5)15(18)22/h9-10,12H,6-8H2,1-5H3,(H,20,21)/t12-/m0/s1. The van der Waals surface area contributed by atoms with Crippen molar-refractivity contribution in [3.05, 3.63) is 32.6 Å². The molecule has 0 spiro atoms. The van der Waals surface area contributed by atoms with E-state index in [1.54, 1.807) is 0 Å². The maximum atomic E-state index is 12.3. The predicted octanol–water partition coefficient (Wildman–Crippen LogP) is 0.323. The zero-order valence-electron chi connectivity index (χ0n) is 13.9. The van der Waals surface area contributed by atoms with Crippen LogP contribution in [0.2, 0.25) is 0 Å². The summed E-state index contributed by atoms with van der Waals surface area (Å²) in [5, 5.41) is 9.41. The average Bonchev–Trinajstić information content (AvgIpc) is 2.41. The van der Waals surface area contributed by atoms with Gasteiger partial charge in [0, 0.05) is 25.4 Å². The van der Waals surface area contributed by atoms with Crippen molar-refractivity contribution in [2.75, 3.05) is 20.6 Å². The average molecular weight is 311 g/mol. The van der Waals surface area contributed by atoms with E-state index in [1.165, 1.54) is 17.8 Å². The van der Waals surface area contributed by atoms with E-state index in [2.05, 4.69) is 0 Å². The third-order valence-electron chi connectivity index (χ3n) is 3.53. The molecule has 0 aliphatic rings. The van der Waals surface area contributed by atoms with Crippen LogP contribution in [0.5, 0.6) is 0 Å². The number of hydrogen-bond acceptors (Lipinski definition) is 4. The van der Waals surface area contributed by atoms with Gasteiger partial charge in [-0.2, -0.15) is 0 Å². The zero-order chi connectivity index (χ0) is 17.0. The van der Waals surface area contributed by atoms with Crippen LogP contribution in [-0.2, 0) is 18.3 Å². The zero-order valence-corrected chi connectivity index (χ0v) is 13.9. The summed E-state index contributed by atoms with van der Waals surface area (Å²) in [6.07, 6.45) is 2.21. The number of aliphatic carboxylic acids is 1. The van der Waals surface area contributed by atoms with Crippen LogP contribution in [0, 0.1) is 5.92 Å². The van der Waals surface area contributed by atoms with Gasteiger partial charge in [0.05, 0.1) is 0 Å². The van der Waals surface area contributed by atoms with Crippen molar-refractivity contribution < 1.29 is 9.90 Å². The minimum absolute atomic E-state index is 0.121. The molecule has 1 atom stereocenters. The molecule has 22 heavy (non-hydrogen) atoms. The highest BCUT2D eigenvalue weighted by molar-refractivity contribution is 5.71. The molecule has 0 saturated heterocycles. The van der Waals surface area contributed by atoms with Gasteiger partial charge >= 0.3 is 11.7 Å². The first-order valence-electron chi connectivity index (χ1n) is 7.33. The molecule has 0 radical (unpaired) electrons. The molecule has 0 bridgehead atoms. The summed E-state index contributed by atoms with van der Waals surface area (Å²) in [5.74, 6) is -0.941. The molecular weight excluding hydrogens is 286 g/mol. The second-order valence-electron chi connectivity index (χ2n) is 6.25. The maximum Gasteiger partial charge on any atom is 0.331 e. The molecule has 1 aromatic heterocycles. The molecular formula is C15H25N3O4. The van der Waals surface area contributed by atoms with Crippen molar-refractivity contribution in [1.29, 1.82) is 0 Å². The van der Waals surface area contributed by atoms with E-state index in [4.69, 9.17) is 0 Å². The molecule has 0 aliphatic carbocycles. The van der Waals surface area contributed by atoms with Gasteiger partial charge in [-0.1, -0.05) is 13.8 Å². The first kappa shape index (κ1) is 18.2. The lowest BCUT2D eigenvalue weighted by Crippen LogP contribution is -2.43. The van der Waals surface area contributed by atoms with Crippen LogP contribution in [0.4, 0.5) is 0 Å². The van der Waals surface area contributed by atoms with Crippen molar-refractivity contribution in [3.8, 4) is 0 Å². The molecule has 1 N–H and O–H groups in total. The molecule has 0 aliphatic heterocycles. The van der Waals surface area contributed by atoms with Crippen LogP contribution in [0.3, 0.4) is 0 Å². The molecule has 0 saturated carbocycles. The summed E-state index contributed by atoms with van der Waals surface area (Å²) in [5.41, 5.74) is -0.505. The van der Waals surface area contributed by atoms with Gasteiger partial charge in [-0.15, -0.1) is 0 Å². The second kappa shape index (κ2) is 7.40. The molecule has 1 rings (SSSR count). The van der Waals surface area contributed by atoms with Gasteiger partial charge in [0.15, 0.2) is 0 Å². The van der Waals surface area contributed by atoms with Crippen LogP contribution >= 0.6 is 0 Å². The molecule has 0 aromatic carbocycles. The smallest absolute Gasteiger partial charge is 0.331 e. The third-order valence-corrected chi connectivity index (χ3v) is 3.53. The van der Waals surface area contributed by atoms with Crippen molar-refractivity contribution in [3.63, 3.8) is 0 Å². The summed E-state index contributed by atoms with van der Waals surface area (Å²) >= 11 is 0. The van der Waals surface area contributed by atoms with E-state index in [1.807, 2.05) is 32.8 Å². The summed E-state index contributed by atoms with van der Waals surface area (Å²) < 4.78 is 2.16. The van der Waals surface area contributed by atoms with Gasteiger partial charge in [-0.25, -0.2) is 9.59 Å². The number of hydrogen-bond donors (Lipinski definition) is 1. The molecule has 1 heterocycles. The van der Waals surface area contributed by atoms with E-state index in [9.17, 15) is 19.5 Å². The lowest BCUT2D eigenvalue weighted by molar-refractivity contribution is -0.141. The molecule has 0 fully saturated rings. The van der Waals surface area contributed by atoms with Gasteiger partial charge in [0.1, 0.15) is 6.04 Å². The van der Waals surface area contributed by atoms with E-state index in [0.717, 1.165) is 4.57 Å². The Labute approximate surface area is 129 Å². The third kappa shape index (κ3) is 4.30. The first-order valence-corrected chi connectivity index (χ1v) is 7.33. The normalized spacial score (nSPS) is 12.9. The van der Waals surface area contributed by atoms with Gasteiger partial charge in [-0.05, 0) is 32.9 Å². The van der Waals surface area contributed by atoms with Crippen molar-refractivity contribution in [1.82, 2.24) is 14.0 Å². The molecule has 7 heteroatoms. The Kier molecular flexibility index (Phi) is 6.11. The summed E-state index contributed by atoms with van der Waals surface area (Å²) in [6.45, 7) is 4.45. The second-order valence-corrected chi connectivity index (χ2v) is 6.25. The molecule has 0 unspecified atom stereocenters. The molecule has 0 amide bonds. The topological polar surface area (TPSA) is 84.5 Å². The minimum atomic E-state index is -1.06. The minimum Gasteiger partial charge on any atom is -0.480 e. The number of carbonyl (C=O) groups is 1. The Balaban J connectivity index is 3.37. The van der Waals surface area contributed by atoms with Crippen LogP contribution < -0.4 is 11.2 Å². The number of carboxylic acids is 1. The van der Waals surface area contributed by atoms with Crippen LogP contribution in [0.1, 0.15) is 31.9 Å². The van der Waals surface area contributed by atoms with Crippen LogP contribution in [-0.4, -0.2) is 45.8 Å². The number of aromatic nitrogens is 2. The summed E-state index contributed by atoms with van der Waals surface area (Å²) in [4.78, 5) is 37.8. The molecule has 1 aromatic rings. The highest BCUT2D eigenvalue weighted by atomic mass is 16.4. The highest BCUT2D eigenvalue weighted by Gasteiger charge is 2.24. The first-order chi connectivity index (χ1) is 10.1. The predicted molar refractivity (Wildman–Crippen MR) is 84.3 cm³/mol. The van der Waals surface area contributed by atoms with Crippen LogP contribution in [0.25, 0.3) is 0 Å². The van der Waals surface area contributed by atoms with Crippen LogP contribution in [0.15, 0.2) is 15.8 Å². The number of nitrogens with zero attached hydrogens (tertiary/aromatic N) is 3. The number of rotatable bonds is 7. The molecule has 124 valence electrons. The van der Waals surface area contributed by atoms with Gasteiger partial charge in [-0.3, -0.25) is 13.9 Å². The van der Waals surface area contributed by atoms with Gasteiger partial charge < -0.3 is 10.0 Å². The Bertz CT molecular complexity index is 643. The largest absolute Gasteiger partial charge is 0.480 e. The van der Waals surface area contributed by atoms with E-state index < -0.39 is 17.7 Å².